The number of carbonyl (C=O) groups is 2. The van der Waals surface area contributed by atoms with Crippen LogP contribution in [0.2, 0.25) is 0 Å². The van der Waals surface area contributed by atoms with Crippen LogP contribution in [0.4, 0.5) is 11.4 Å². The van der Waals surface area contributed by atoms with Gasteiger partial charge in [0.25, 0.3) is 40.5 Å². The predicted octanol–water partition coefficient (Wildman–Crippen LogP) is 6.96. The molecule has 0 bridgehead atoms. The minimum Gasteiger partial charge on any atom is -0.506 e. The van der Waals surface area contributed by atoms with E-state index in [-0.39, 0.29) is 105 Å². The SMILES string of the molecule is CCCC[C@]1(CCCS(=O)(=O)O)C(=CC2=C(O)C(=CC3=[N+](CCCCCC(=O)O)c4ccc(SOOO)cc4[C@]3(CCCSOOO)CCCS(=O)(=O)O)C2=O)N(CCCS(=O)(=O)O)c2ccc(S(=O)(=O)O)cc21. The van der Waals surface area contributed by atoms with Crippen LogP contribution in [0.1, 0.15) is 108 Å². The fourth-order valence-corrected chi connectivity index (χ4v) is 12.8. The Bertz CT molecular complexity index is 2990. The lowest BCUT2D eigenvalue weighted by Crippen LogP contribution is -2.37. The molecule has 8 N–H and O–H groups in total. The van der Waals surface area contributed by atoms with E-state index in [0.29, 0.717) is 66.0 Å². The Kier molecular flexibility index (Phi) is 21.5. The summed E-state index contributed by atoms with van der Waals surface area (Å²) in [4.78, 5) is 27.6. The fraction of sp³-hybridized carbons (Fsp3) is 0.523. The molecule has 30 heteroatoms. The van der Waals surface area contributed by atoms with Crippen molar-refractivity contribution >= 4 is 93.4 Å². The predicted molar refractivity (Wildman–Crippen MR) is 269 cm³/mol. The van der Waals surface area contributed by atoms with Crippen LogP contribution in [-0.4, -0.2) is 131 Å². The number of aliphatic hydroxyl groups is 1. The number of carboxylic acid groups (broad SMARTS) is 1. The second-order valence-electron chi connectivity index (χ2n) is 17.9. The van der Waals surface area contributed by atoms with Gasteiger partial charge in [-0.1, -0.05) is 29.8 Å². The van der Waals surface area contributed by atoms with E-state index in [2.05, 4.69) is 14.4 Å². The van der Waals surface area contributed by atoms with Crippen molar-refractivity contribution in [3.05, 3.63) is 82.3 Å². The van der Waals surface area contributed by atoms with Gasteiger partial charge in [0.1, 0.15) is 12.3 Å². The maximum Gasteiger partial charge on any atom is 0.303 e. The summed E-state index contributed by atoms with van der Waals surface area (Å²) in [5.41, 5.74) is -0.996. The molecule has 2 aliphatic heterocycles. The Morgan fingerprint density at radius 1 is 0.730 bits per heavy atom. The molecule has 24 nitrogen and oxygen atoms in total. The van der Waals surface area contributed by atoms with Gasteiger partial charge in [-0.25, -0.2) is 10.5 Å². The lowest BCUT2D eigenvalue weighted by molar-refractivity contribution is -0.438. The number of aliphatic carboxylic acids is 1. The molecule has 1 aliphatic carbocycles. The first kappa shape index (κ1) is 61.0. The highest BCUT2D eigenvalue weighted by molar-refractivity contribution is 7.94. The highest BCUT2D eigenvalue weighted by Gasteiger charge is 2.53. The van der Waals surface area contributed by atoms with E-state index in [4.69, 9.17) is 14.8 Å². The first-order valence-electron chi connectivity index (χ1n) is 23.1. The number of aliphatic hydroxyl groups excluding tert-OH is 1. The molecule has 2 aromatic rings. The summed E-state index contributed by atoms with van der Waals surface area (Å²) in [6.07, 6.45) is 4.60. The van der Waals surface area contributed by atoms with Crippen LogP contribution in [0.5, 0.6) is 0 Å². The van der Waals surface area contributed by atoms with Crippen molar-refractivity contribution in [1.82, 2.24) is 0 Å². The van der Waals surface area contributed by atoms with Gasteiger partial charge in [0, 0.05) is 76.6 Å². The number of ketones is 1. The smallest absolute Gasteiger partial charge is 0.303 e. The number of Topliss-reactive ketones (excluding diaryl/α,β-unsaturated/α-hetero) is 1. The number of hydrogen-bond donors (Lipinski definition) is 8. The summed E-state index contributed by atoms with van der Waals surface area (Å²) in [7, 11) is -18.5. The number of fused-ring (bicyclic) bond motifs is 2. The number of anilines is 1. The van der Waals surface area contributed by atoms with E-state index in [1.54, 1.807) is 23.1 Å². The molecular weight excluding hydrogens is 1100 g/mol. The molecule has 0 fully saturated rings. The number of carboxylic acids is 1. The zero-order chi connectivity index (χ0) is 54.7. The van der Waals surface area contributed by atoms with Gasteiger partial charge in [0.05, 0.1) is 50.8 Å². The number of allylic oxidation sites excluding steroid dienone is 5. The molecule has 0 saturated heterocycles. The maximum atomic E-state index is 14.8. The van der Waals surface area contributed by atoms with Crippen LogP contribution in [0.3, 0.4) is 0 Å². The lowest BCUT2D eigenvalue weighted by atomic mass is 9.69. The van der Waals surface area contributed by atoms with Crippen molar-refractivity contribution in [3.63, 3.8) is 0 Å². The Balaban J connectivity index is 1.80. The average Bonchev–Trinajstić information content (AvgIpc) is 3.70. The normalized spacial score (nSPS) is 20.3. The molecule has 0 radical (unpaired) electrons. The van der Waals surface area contributed by atoms with Gasteiger partial charge in [-0.3, -0.25) is 27.8 Å². The topological polar surface area (TPSA) is 376 Å². The monoisotopic (exact) mass is 1160 g/mol. The molecule has 0 spiro atoms. The highest BCUT2D eigenvalue weighted by atomic mass is 32.2. The number of benzene rings is 2. The van der Waals surface area contributed by atoms with Gasteiger partial charge in [0.15, 0.2) is 5.71 Å². The molecule has 0 aromatic heterocycles. The van der Waals surface area contributed by atoms with Crippen molar-refractivity contribution in [2.75, 3.05) is 41.0 Å². The van der Waals surface area contributed by atoms with Crippen LogP contribution < -0.4 is 4.90 Å². The lowest BCUT2D eigenvalue weighted by Gasteiger charge is -2.35. The van der Waals surface area contributed by atoms with Gasteiger partial charge in [0.2, 0.25) is 11.5 Å². The number of rotatable bonds is 33. The van der Waals surface area contributed by atoms with E-state index >= 15 is 0 Å². The third-order valence-corrected chi connectivity index (χ3v) is 17.5. The zero-order valence-corrected chi connectivity index (χ0v) is 44.8. The number of carbonyl (C=O) groups excluding carboxylic acids is 1. The molecule has 2 atom stereocenters. The third kappa shape index (κ3) is 15.7. The average molecular weight is 1160 g/mol. The minimum absolute atomic E-state index is 0.0106. The molecule has 3 aliphatic rings. The van der Waals surface area contributed by atoms with Crippen LogP contribution in [-0.2, 0) is 79.6 Å². The molecule has 0 saturated carbocycles. The van der Waals surface area contributed by atoms with Gasteiger partial charge < -0.3 is 15.1 Å². The van der Waals surface area contributed by atoms with Crippen molar-refractivity contribution in [2.45, 2.75) is 117 Å². The first-order chi connectivity index (χ1) is 34.7. The number of unbranched alkanes of at least 4 members (excludes halogenated alkanes) is 3. The first-order valence-corrected chi connectivity index (χ1v) is 31.1. The molecule has 74 heavy (non-hydrogen) atoms. The summed E-state index contributed by atoms with van der Waals surface area (Å²) in [6.45, 7) is 1.86. The molecule has 2 heterocycles. The Morgan fingerprint density at radius 3 is 1.95 bits per heavy atom. The van der Waals surface area contributed by atoms with E-state index in [0.717, 1.165) is 18.1 Å². The van der Waals surface area contributed by atoms with Crippen molar-refractivity contribution in [1.29, 1.82) is 0 Å². The maximum absolute atomic E-state index is 14.8. The largest absolute Gasteiger partial charge is 0.506 e. The summed E-state index contributed by atoms with van der Waals surface area (Å²) in [5.74, 6) is -4.26. The second-order valence-corrected chi connectivity index (χ2v) is 25.6. The van der Waals surface area contributed by atoms with Crippen molar-refractivity contribution in [3.8, 4) is 0 Å². The molecule has 0 amide bonds. The number of hydrogen-bond acceptors (Lipinski definition) is 20. The van der Waals surface area contributed by atoms with Crippen molar-refractivity contribution < 1.29 is 106 Å². The Labute approximate surface area is 437 Å². The molecular formula is C44H59N2O22S6+. The van der Waals surface area contributed by atoms with E-state index in [1.165, 1.54) is 24.3 Å². The summed E-state index contributed by atoms with van der Waals surface area (Å²) >= 11 is 1.37. The second kappa shape index (κ2) is 26.0. The van der Waals surface area contributed by atoms with Crippen LogP contribution in [0, 0.1) is 0 Å². The van der Waals surface area contributed by atoms with Crippen LogP contribution in [0.25, 0.3) is 0 Å². The standard InChI is InChI=1S/C44H58N2O22S6/c1-2-3-16-43(18-8-23-71(53,54)55)35-27-31(74(62,63)64)13-15-37(35)46(21-10-25-73(59,60)61)38(43)28-32-41(49)33(42(32)50)29-39-44(17-7-22-69-67-65-51,19-9-24-72(56,57)58)34-26-30(70-68-66-52)12-14-36(34)45(39)20-6-4-5-11-40(47)48/h12-15,26-29H,2-11,16-25H2,1H3,(H7-,47,48,49,50,51,52,53,54,55,56,57,58,59,60,61,62,63,64)/p+1/t43-,44+/m1/s1. The van der Waals surface area contributed by atoms with Gasteiger partial charge >= 0.3 is 5.97 Å². The van der Waals surface area contributed by atoms with E-state index in [9.17, 15) is 71.7 Å². The van der Waals surface area contributed by atoms with Gasteiger partial charge in [-0.2, -0.15) is 38.2 Å². The fourth-order valence-electron chi connectivity index (χ4n) is 9.99. The minimum atomic E-state index is -4.86. The molecule has 2 aromatic carbocycles. The van der Waals surface area contributed by atoms with Gasteiger partial charge in [-0.15, -0.1) is 8.67 Å². The van der Waals surface area contributed by atoms with E-state index in [1.807, 2.05) is 11.5 Å². The molecule has 5 rings (SSSR count). The quantitative estimate of drug-likeness (QED) is 0.00680. The third-order valence-electron chi connectivity index (χ3n) is 13.1. The van der Waals surface area contributed by atoms with Crippen LogP contribution in [0.15, 0.2) is 80.9 Å². The summed E-state index contributed by atoms with van der Waals surface area (Å²) in [5, 5.41) is 46.8. The Morgan fingerprint density at radius 2 is 1.35 bits per heavy atom. The zero-order valence-electron chi connectivity index (χ0n) is 39.9. The van der Waals surface area contributed by atoms with Crippen molar-refractivity contribution in [2.24, 2.45) is 0 Å². The highest BCUT2D eigenvalue weighted by Crippen LogP contribution is 2.55. The Hall–Kier alpha value is -3.83. The number of nitrogens with zero attached hydrogens (tertiary/aromatic N) is 2. The van der Waals surface area contributed by atoms with E-state index < -0.39 is 91.0 Å². The molecule has 412 valence electrons. The summed E-state index contributed by atoms with van der Waals surface area (Å²) in [6, 6.07) is 8.64. The van der Waals surface area contributed by atoms with Gasteiger partial charge in [-0.05, 0) is 106 Å². The van der Waals surface area contributed by atoms with Crippen LogP contribution >= 0.6 is 24.1 Å². The summed E-state index contributed by atoms with van der Waals surface area (Å²) < 4.78 is 148. The molecule has 0 unspecified atom stereocenters.